The number of anilines is 1. The van der Waals surface area contributed by atoms with E-state index in [1.54, 1.807) is 0 Å². The van der Waals surface area contributed by atoms with Gasteiger partial charge in [0.25, 0.3) is 5.91 Å². The Balaban J connectivity index is 1.74. The summed E-state index contributed by atoms with van der Waals surface area (Å²) in [7, 11) is 0. The lowest BCUT2D eigenvalue weighted by Gasteiger charge is -2.07. The maximum atomic E-state index is 13.2. The number of carbonyl (C=O) groups excluding carboxylic acids is 3. The molecule has 2 N–H and O–H groups in total. The van der Waals surface area contributed by atoms with Gasteiger partial charge in [0.15, 0.2) is 6.61 Å². The quantitative estimate of drug-likeness (QED) is 0.817. The highest BCUT2D eigenvalue weighted by molar-refractivity contribution is 6.01. The van der Waals surface area contributed by atoms with Crippen LogP contribution in [0.3, 0.4) is 0 Å². The van der Waals surface area contributed by atoms with Crippen molar-refractivity contribution in [3.05, 3.63) is 30.1 Å². The summed E-state index contributed by atoms with van der Waals surface area (Å²) in [6.07, 6.45) is 1.54. The molecule has 0 aromatic heterocycles. The summed E-state index contributed by atoms with van der Waals surface area (Å²) in [5.74, 6) is -1.94. The second kappa shape index (κ2) is 6.14. The molecule has 0 atom stereocenters. The standard InChI is InChI=1S/C13H13FN2O4/c14-9-3-1-2-4-10(9)15-13(19)16-11(17)7-20-12(18)8-5-6-8/h1-4,8H,5-7H2,(H2,15,16,17,19). The number of esters is 1. The van der Waals surface area contributed by atoms with E-state index < -0.39 is 30.3 Å². The number of carbonyl (C=O) groups is 3. The maximum absolute atomic E-state index is 13.2. The number of urea groups is 1. The van der Waals surface area contributed by atoms with E-state index in [0.717, 1.165) is 12.8 Å². The molecule has 0 heterocycles. The third kappa shape index (κ3) is 4.04. The van der Waals surface area contributed by atoms with Gasteiger partial charge in [0.1, 0.15) is 5.82 Å². The highest BCUT2D eigenvalue weighted by Crippen LogP contribution is 2.29. The van der Waals surface area contributed by atoms with E-state index in [9.17, 15) is 18.8 Å². The zero-order valence-corrected chi connectivity index (χ0v) is 10.5. The van der Waals surface area contributed by atoms with Gasteiger partial charge in [0, 0.05) is 0 Å². The van der Waals surface area contributed by atoms with Crippen LogP contribution in [0.5, 0.6) is 0 Å². The van der Waals surface area contributed by atoms with E-state index in [-0.39, 0.29) is 11.6 Å². The van der Waals surface area contributed by atoms with Crippen LogP contribution in [-0.2, 0) is 14.3 Å². The minimum atomic E-state index is -0.887. The summed E-state index contributed by atoms with van der Waals surface area (Å²) < 4.78 is 17.9. The van der Waals surface area contributed by atoms with E-state index >= 15 is 0 Å². The van der Waals surface area contributed by atoms with Crippen molar-refractivity contribution in [2.75, 3.05) is 11.9 Å². The lowest BCUT2D eigenvalue weighted by Crippen LogP contribution is -2.37. The first kappa shape index (κ1) is 14.0. The SMILES string of the molecule is O=C(COC(=O)C1CC1)NC(=O)Nc1ccccc1F. The number of hydrogen-bond donors (Lipinski definition) is 2. The van der Waals surface area contributed by atoms with Crippen LogP contribution >= 0.6 is 0 Å². The molecule has 1 aliphatic rings. The smallest absolute Gasteiger partial charge is 0.326 e. The fourth-order valence-corrected chi connectivity index (χ4v) is 1.45. The first-order valence-electron chi connectivity index (χ1n) is 6.08. The number of para-hydroxylation sites is 1. The fraction of sp³-hybridized carbons (Fsp3) is 0.308. The second-order valence-corrected chi connectivity index (χ2v) is 4.36. The Morgan fingerprint density at radius 3 is 2.60 bits per heavy atom. The Bertz CT molecular complexity index is 543. The van der Waals surface area contributed by atoms with Gasteiger partial charge in [-0.05, 0) is 25.0 Å². The van der Waals surface area contributed by atoms with Gasteiger partial charge in [0.2, 0.25) is 0 Å². The number of hydrogen-bond acceptors (Lipinski definition) is 4. The van der Waals surface area contributed by atoms with E-state index in [0.29, 0.717) is 0 Å². The van der Waals surface area contributed by atoms with Gasteiger partial charge in [-0.2, -0.15) is 0 Å². The fourth-order valence-electron chi connectivity index (χ4n) is 1.45. The van der Waals surface area contributed by atoms with E-state index in [2.05, 4.69) is 5.32 Å². The Kier molecular flexibility index (Phi) is 4.29. The molecule has 20 heavy (non-hydrogen) atoms. The zero-order chi connectivity index (χ0) is 14.5. The predicted octanol–water partition coefficient (Wildman–Crippen LogP) is 1.43. The number of amides is 3. The molecule has 0 radical (unpaired) electrons. The Morgan fingerprint density at radius 2 is 1.95 bits per heavy atom. The molecule has 106 valence electrons. The molecular formula is C13H13FN2O4. The highest BCUT2D eigenvalue weighted by Gasteiger charge is 2.31. The van der Waals surface area contributed by atoms with Crippen molar-refractivity contribution < 1.29 is 23.5 Å². The van der Waals surface area contributed by atoms with Crippen molar-refractivity contribution in [1.82, 2.24) is 5.32 Å². The summed E-state index contributed by atoms with van der Waals surface area (Å²) in [5.41, 5.74) is -0.0484. The van der Waals surface area contributed by atoms with Crippen LogP contribution in [0.4, 0.5) is 14.9 Å². The molecule has 7 heteroatoms. The maximum Gasteiger partial charge on any atom is 0.326 e. The van der Waals surface area contributed by atoms with Gasteiger partial charge >= 0.3 is 12.0 Å². The lowest BCUT2D eigenvalue weighted by atomic mass is 10.3. The number of benzene rings is 1. The molecule has 0 saturated heterocycles. The van der Waals surface area contributed by atoms with Crippen LogP contribution in [-0.4, -0.2) is 24.5 Å². The average Bonchev–Trinajstić information content (AvgIpc) is 3.23. The van der Waals surface area contributed by atoms with Gasteiger partial charge in [0.05, 0.1) is 11.6 Å². The lowest BCUT2D eigenvalue weighted by molar-refractivity contribution is -0.149. The van der Waals surface area contributed by atoms with Crippen LogP contribution in [0, 0.1) is 11.7 Å². The average molecular weight is 280 g/mol. The van der Waals surface area contributed by atoms with Crippen LogP contribution < -0.4 is 10.6 Å². The van der Waals surface area contributed by atoms with Gasteiger partial charge in [-0.1, -0.05) is 12.1 Å². The Morgan fingerprint density at radius 1 is 1.25 bits per heavy atom. The minimum absolute atomic E-state index is 0.0484. The topological polar surface area (TPSA) is 84.5 Å². The van der Waals surface area contributed by atoms with Gasteiger partial charge in [-0.3, -0.25) is 14.9 Å². The molecule has 1 fully saturated rings. The van der Waals surface area contributed by atoms with Crippen molar-refractivity contribution in [2.45, 2.75) is 12.8 Å². The van der Waals surface area contributed by atoms with E-state index in [1.807, 2.05) is 5.32 Å². The Hall–Kier alpha value is -2.44. The molecule has 0 bridgehead atoms. The molecule has 1 saturated carbocycles. The first-order valence-corrected chi connectivity index (χ1v) is 6.08. The minimum Gasteiger partial charge on any atom is -0.455 e. The van der Waals surface area contributed by atoms with E-state index in [4.69, 9.17) is 4.74 Å². The van der Waals surface area contributed by atoms with Gasteiger partial charge in [-0.25, -0.2) is 9.18 Å². The van der Waals surface area contributed by atoms with Crippen LogP contribution in [0.15, 0.2) is 24.3 Å². The second-order valence-electron chi connectivity index (χ2n) is 4.36. The first-order chi connectivity index (χ1) is 9.56. The molecule has 0 aliphatic heterocycles. The molecular weight excluding hydrogens is 267 g/mol. The normalized spacial score (nSPS) is 13.4. The van der Waals surface area contributed by atoms with Crippen LogP contribution in [0.25, 0.3) is 0 Å². The number of rotatable bonds is 4. The molecule has 0 spiro atoms. The zero-order valence-electron chi connectivity index (χ0n) is 10.5. The third-order valence-corrected chi connectivity index (χ3v) is 2.63. The molecule has 2 rings (SSSR count). The monoisotopic (exact) mass is 280 g/mol. The van der Waals surface area contributed by atoms with Crippen molar-refractivity contribution >= 4 is 23.6 Å². The molecule has 1 aliphatic carbocycles. The van der Waals surface area contributed by atoms with Crippen molar-refractivity contribution in [2.24, 2.45) is 5.92 Å². The van der Waals surface area contributed by atoms with E-state index in [1.165, 1.54) is 24.3 Å². The number of ether oxygens (including phenoxy) is 1. The summed E-state index contributed by atoms with van der Waals surface area (Å²) in [5, 5.41) is 4.11. The van der Waals surface area contributed by atoms with Crippen LogP contribution in [0.2, 0.25) is 0 Å². The predicted molar refractivity (Wildman–Crippen MR) is 67.2 cm³/mol. The molecule has 3 amide bonds. The Labute approximate surface area is 114 Å². The molecule has 1 aromatic rings. The summed E-state index contributed by atoms with van der Waals surface area (Å²) in [6, 6.07) is 4.66. The summed E-state index contributed by atoms with van der Waals surface area (Å²) in [6.45, 7) is -0.528. The highest BCUT2D eigenvalue weighted by atomic mass is 19.1. The number of halogens is 1. The third-order valence-electron chi connectivity index (χ3n) is 2.63. The van der Waals surface area contributed by atoms with Gasteiger partial charge in [-0.15, -0.1) is 0 Å². The largest absolute Gasteiger partial charge is 0.455 e. The summed E-state index contributed by atoms with van der Waals surface area (Å²) >= 11 is 0. The molecule has 6 nitrogen and oxygen atoms in total. The van der Waals surface area contributed by atoms with Crippen molar-refractivity contribution in [3.63, 3.8) is 0 Å². The molecule has 0 unspecified atom stereocenters. The van der Waals surface area contributed by atoms with Crippen molar-refractivity contribution in [1.29, 1.82) is 0 Å². The number of imide groups is 1. The number of nitrogens with one attached hydrogen (secondary N) is 2. The van der Waals surface area contributed by atoms with Crippen molar-refractivity contribution in [3.8, 4) is 0 Å². The summed E-state index contributed by atoms with van der Waals surface area (Å²) in [4.78, 5) is 33.9. The van der Waals surface area contributed by atoms with Crippen LogP contribution in [0.1, 0.15) is 12.8 Å². The molecule has 1 aromatic carbocycles. The van der Waals surface area contributed by atoms with Gasteiger partial charge < -0.3 is 10.1 Å².